The van der Waals surface area contributed by atoms with Crippen LogP contribution in [0.4, 0.5) is 5.69 Å². The maximum absolute atomic E-state index is 13.6. The molecule has 36 heavy (non-hydrogen) atoms. The number of nitrogens with zero attached hydrogens (tertiary/aromatic N) is 1. The van der Waals surface area contributed by atoms with Gasteiger partial charge in [-0.25, -0.2) is 8.42 Å². The molecule has 3 aromatic carbocycles. The van der Waals surface area contributed by atoms with Crippen molar-refractivity contribution in [1.82, 2.24) is 5.32 Å². The van der Waals surface area contributed by atoms with Crippen molar-refractivity contribution in [2.24, 2.45) is 0 Å². The fourth-order valence-corrected chi connectivity index (χ4v) is 6.62. The highest BCUT2D eigenvalue weighted by atomic mass is 35.5. The number of carbonyl (C=O) groups excluding carboxylic acids is 1. The second-order valence-electron chi connectivity index (χ2n) is 9.27. The summed E-state index contributed by atoms with van der Waals surface area (Å²) in [5.74, 6) is -0.0550. The first-order valence-electron chi connectivity index (χ1n) is 12.3. The number of amides is 1. The molecule has 1 amide bonds. The van der Waals surface area contributed by atoms with Gasteiger partial charge in [-0.1, -0.05) is 54.9 Å². The van der Waals surface area contributed by atoms with E-state index in [1.807, 2.05) is 6.92 Å². The summed E-state index contributed by atoms with van der Waals surface area (Å²) in [6.07, 6.45) is 4.26. The molecule has 5 rings (SSSR count). The molecule has 0 saturated heterocycles. The third-order valence-corrected chi connectivity index (χ3v) is 8.94. The molecule has 2 aliphatic rings. The van der Waals surface area contributed by atoms with Crippen LogP contribution >= 0.6 is 11.6 Å². The zero-order valence-corrected chi connectivity index (χ0v) is 21.7. The highest BCUT2D eigenvalue weighted by molar-refractivity contribution is 7.92. The van der Waals surface area contributed by atoms with E-state index in [0.29, 0.717) is 22.9 Å². The van der Waals surface area contributed by atoms with Crippen molar-refractivity contribution < 1.29 is 17.9 Å². The molecular weight excluding hydrogens is 496 g/mol. The van der Waals surface area contributed by atoms with Crippen LogP contribution < -0.4 is 14.4 Å². The predicted molar refractivity (Wildman–Crippen MR) is 141 cm³/mol. The van der Waals surface area contributed by atoms with Gasteiger partial charge in [0.25, 0.3) is 15.9 Å². The second kappa shape index (κ2) is 10.1. The molecule has 2 atom stereocenters. The van der Waals surface area contributed by atoms with Crippen molar-refractivity contribution in [2.75, 3.05) is 10.8 Å². The van der Waals surface area contributed by atoms with Gasteiger partial charge in [0.2, 0.25) is 0 Å². The maximum atomic E-state index is 13.6. The lowest BCUT2D eigenvalue weighted by Crippen LogP contribution is -2.51. The van der Waals surface area contributed by atoms with E-state index in [1.54, 1.807) is 36.4 Å². The molecule has 0 fully saturated rings. The molecule has 6 nitrogen and oxygen atoms in total. The summed E-state index contributed by atoms with van der Waals surface area (Å²) in [5, 5.41) is 3.48. The van der Waals surface area contributed by atoms with Crippen LogP contribution in [0.1, 0.15) is 48.9 Å². The molecule has 188 valence electrons. The van der Waals surface area contributed by atoms with Crippen molar-refractivity contribution in [1.29, 1.82) is 0 Å². The molecule has 1 N–H and O–H groups in total. The van der Waals surface area contributed by atoms with Gasteiger partial charge in [0.05, 0.1) is 23.2 Å². The topological polar surface area (TPSA) is 75.7 Å². The van der Waals surface area contributed by atoms with E-state index < -0.39 is 16.1 Å². The van der Waals surface area contributed by atoms with Gasteiger partial charge in [-0.3, -0.25) is 9.10 Å². The number of benzene rings is 3. The SMILES string of the molecule is CC[C@@H](NC(=O)[C@@H]1CN(S(=O)(=O)c2ccccc2)c2cc(Cl)ccc2O1)c1ccc2c(c1)CCCC2. The van der Waals surface area contributed by atoms with Gasteiger partial charge in [-0.05, 0) is 79.1 Å². The van der Waals surface area contributed by atoms with E-state index in [1.165, 1.54) is 40.4 Å². The summed E-state index contributed by atoms with van der Waals surface area (Å²) in [7, 11) is -3.94. The van der Waals surface area contributed by atoms with E-state index in [9.17, 15) is 13.2 Å². The van der Waals surface area contributed by atoms with Crippen LogP contribution in [-0.2, 0) is 27.7 Å². The lowest BCUT2D eigenvalue weighted by molar-refractivity contribution is -0.128. The number of hydrogen-bond acceptors (Lipinski definition) is 4. The summed E-state index contributed by atoms with van der Waals surface area (Å²) in [6, 6.07) is 19.2. The average molecular weight is 525 g/mol. The van der Waals surface area contributed by atoms with Crippen LogP contribution in [0.3, 0.4) is 0 Å². The first-order chi connectivity index (χ1) is 17.4. The number of sulfonamides is 1. The molecule has 0 saturated carbocycles. The Morgan fingerprint density at radius 3 is 2.56 bits per heavy atom. The number of hydrogen-bond donors (Lipinski definition) is 1. The number of anilines is 1. The Labute approximate surface area is 217 Å². The Bertz CT molecular complexity index is 1380. The summed E-state index contributed by atoms with van der Waals surface area (Å²) in [5.41, 5.74) is 4.12. The molecule has 0 bridgehead atoms. The first-order valence-corrected chi connectivity index (χ1v) is 14.1. The Morgan fingerprint density at radius 1 is 1.06 bits per heavy atom. The van der Waals surface area contributed by atoms with Gasteiger partial charge in [0.15, 0.2) is 6.10 Å². The van der Waals surface area contributed by atoms with E-state index in [2.05, 4.69) is 23.5 Å². The zero-order valence-electron chi connectivity index (χ0n) is 20.1. The normalized spacial score (nSPS) is 17.9. The van der Waals surface area contributed by atoms with Crippen molar-refractivity contribution in [3.63, 3.8) is 0 Å². The molecule has 1 aliphatic carbocycles. The fraction of sp³-hybridized carbons (Fsp3) is 0.321. The monoisotopic (exact) mass is 524 g/mol. The highest BCUT2D eigenvalue weighted by Crippen LogP contribution is 2.39. The average Bonchev–Trinajstić information content (AvgIpc) is 2.91. The minimum atomic E-state index is -3.94. The quantitative estimate of drug-likeness (QED) is 0.465. The Balaban J connectivity index is 1.42. The number of nitrogens with one attached hydrogen (secondary N) is 1. The van der Waals surface area contributed by atoms with Gasteiger partial charge >= 0.3 is 0 Å². The van der Waals surface area contributed by atoms with Crippen LogP contribution in [0.5, 0.6) is 5.75 Å². The van der Waals surface area contributed by atoms with Crippen molar-refractivity contribution >= 4 is 33.2 Å². The summed E-state index contributed by atoms with van der Waals surface area (Å²) < 4.78 is 34.3. The minimum Gasteiger partial charge on any atom is -0.476 e. The molecule has 8 heteroatoms. The number of ether oxygens (including phenoxy) is 1. The molecule has 0 radical (unpaired) electrons. The minimum absolute atomic E-state index is 0.137. The van der Waals surface area contributed by atoms with E-state index in [4.69, 9.17) is 16.3 Å². The molecule has 1 heterocycles. The van der Waals surface area contributed by atoms with Crippen molar-refractivity contribution in [2.45, 2.75) is 56.1 Å². The van der Waals surface area contributed by atoms with Gasteiger partial charge in [0.1, 0.15) is 5.75 Å². The van der Waals surface area contributed by atoms with Crippen molar-refractivity contribution in [3.05, 3.63) is 88.4 Å². The first kappa shape index (κ1) is 24.7. The lowest BCUT2D eigenvalue weighted by Gasteiger charge is -2.35. The Kier molecular flexibility index (Phi) is 6.95. The summed E-state index contributed by atoms with van der Waals surface area (Å²) in [6.45, 7) is 1.87. The number of rotatable bonds is 6. The smallest absolute Gasteiger partial charge is 0.264 e. The molecule has 0 aromatic heterocycles. The van der Waals surface area contributed by atoms with E-state index in [-0.39, 0.29) is 23.4 Å². The van der Waals surface area contributed by atoms with E-state index >= 15 is 0 Å². The fourth-order valence-electron chi connectivity index (χ4n) is 4.96. The van der Waals surface area contributed by atoms with Gasteiger partial charge < -0.3 is 10.1 Å². The number of fused-ring (bicyclic) bond motifs is 2. The molecular formula is C28H29ClN2O4S. The second-order valence-corrected chi connectivity index (χ2v) is 11.6. The number of carbonyl (C=O) groups is 1. The van der Waals surface area contributed by atoms with Gasteiger partial charge in [-0.2, -0.15) is 0 Å². The summed E-state index contributed by atoms with van der Waals surface area (Å²) in [4.78, 5) is 13.6. The van der Waals surface area contributed by atoms with Crippen LogP contribution in [0.15, 0.2) is 71.6 Å². The van der Waals surface area contributed by atoms with Crippen LogP contribution in [0.2, 0.25) is 5.02 Å². The number of halogens is 1. The molecule has 3 aromatic rings. The van der Waals surface area contributed by atoms with Crippen LogP contribution in [-0.4, -0.2) is 27.0 Å². The predicted octanol–water partition coefficient (Wildman–Crippen LogP) is 5.44. The van der Waals surface area contributed by atoms with Crippen LogP contribution in [0, 0.1) is 0 Å². The van der Waals surface area contributed by atoms with Crippen molar-refractivity contribution in [3.8, 4) is 5.75 Å². The van der Waals surface area contributed by atoms with Gasteiger partial charge in [-0.15, -0.1) is 0 Å². The zero-order chi connectivity index (χ0) is 25.3. The number of aryl methyl sites for hydroxylation is 2. The lowest BCUT2D eigenvalue weighted by atomic mass is 9.88. The third kappa shape index (κ3) is 4.82. The Morgan fingerprint density at radius 2 is 1.81 bits per heavy atom. The standard InChI is InChI=1S/C28H29ClN2O4S/c1-2-24(21-13-12-19-8-6-7-9-20(19)16-21)30-28(32)27-18-31(25-17-22(29)14-15-26(25)35-27)36(33,34)23-10-4-3-5-11-23/h3-5,10-17,24,27H,2,6-9,18H2,1H3,(H,30,32)/t24-,27+/m1/s1. The molecule has 1 aliphatic heterocycles. The van der Waals surface area contributed by atoms with E-state index in [0.717, 1.165) is 18.4 Å². The Hall–Kier alpha value is -3.03. The van der Waals surface area contributed by atoms with Gasteiger partial charge in [0, 0.05) is 5.02 Å². The molecule has 0 spiro atoms. The third-order valence-electron chi connectivity index (χ3n) is 6.91. The summed E-state index contributed by atoms with van der Waals surface area (Å²) >= 11 is 6.19. The largest absolute Gasteiger partial charge is 0.476 e. The van der Waals surface area contributed by atoms with Crippen LogP contribution in [0.25, 0.3) is 0 Å². The highest BCUT2D eigenvalue weighted by Gasteiger charge is 2.38. The molecule has 0 unspecified atom stereocenters. The maximum Gasteiger partial charge on any atom is 0.264 e.